The Labute approximate surface area is 787 Å². The van der Waals surface area contributed by atoms with Crippen LogP contribution in [0.2, 0.25) is 0 Å². The van der Waals surface area contributed by atoms with E-state index in [2.05, 4.69) is 76.0 Å². The standard InChI is InChI=1S/C110H102N6O18Si2/c1-57(2)67-29-35-81(61(9)43-67)129-89-51-77-95-78(108(120)115(107(77)119)103(71-27-33-75-73-23-19-21-25-85(73)133-87(75)49-71)105(117)113-93-47-65(39-41-111-93)55-135(123-13,124-14)125-15)53-91(131-83-37-31-69(59(5)6)45-63(83)11)99-100-92(132-84-38-32-70(60(7)8)46-64(84)12)54-80-96-79(52-90(98(102(96)100)97(89)101(95)99)130-82-36-30-68(58(3)4)44-62(82)10)109(121)116(110(80)122)104(72-28-34-76-74-24-20-22-26-86(74)134-88(76)50-72)106(118)114-94-48-66(40-42-112-94)56-136(126-16,127-17)128-18/h19-54,57-60,103-104H,55-56H2,1-18H3,(H,111,113,117)(H,112,114,118). The maximum Gasteiger partial charge on any atom is 0.504 e. The molecule has 4 aromatic heterocycles. The predicted molar refractivity (Wildman–Crippen MR) is 530 cm³/mol. The van der Waals surface area contributed by atoms with Gasteiger partial charge in [0.2, 0.25) is 0 Å². The molecule has 19 rings (SSSR count). The summed E-state index contributed by atoms with van der Waals surface area (Å²) in [6.45, 7) is 24.5. The van der Waals surface area contributed by atoms with Crippen molar-refractivity contribution in [1.82, 2.24) is 19.8 Å². The van der Waals surface area contributed by atoms with E-state index in [0.717, 1.165) is 42.8 Å². The molecule has 2 atom stereocenters. The third-order valence-corrected chi connectivity index (χ3v) is 32.0. The van der Waals surface area contributed by atoms with Crippen molar-refractivity contribution in [2.75, 3.05) is 53.3 Å². The van der Waals surface area contributed by atoms with Crippen molar-refractivity contribution < 1.29 is 83.1 Å². The number of hydrogen-bond donors (Lipinski definition) is 2. The molecule has 0 saturated heterocycles. The van der Waals surface area contributed by atoms with Crippen LogP contribution in [0.5, 0.6) is 46.0 Å². The van der Waals surface area contributed by atoms with Crippen LogP contribution < -0.4 is 29.6 Å². The molecule has 688 valence electrons. The largest absolute Gasteiger partial charge is 0.504 e. The summed E-state index contributed by atoms with van der Waals surface area (Å²) in [5.74, 6) is -3.38. The molecule has 2 aliphatic heterocycles. The van der Waals surface area contributed by atoms with Crippen LogP contribution in [0.25, 0.3) is 87.0 Å². The molecule has 0 aliphatic carbocycles. The van der Waals surface area contributed by atoms with Crippen LogP contribution in [0.1, 0.15) is 199 Å². The highest BCUT2D eigenvalue weighted by molar-refractivity contribution is 6.60. The summed E-state index contributed by atoms with van der Waals surface area (Å²) < 4.78 is 79.1. The first-order valence-electron chi connectivity index (χ1n) is 45.4. The summed E-state index contributed by atoms with van der Waals surface area (Å²) >= 11 is 0. The third-order valence-electron chi connectivity index (χ3n) is 26.6. The average molecular weight is 1850 g/mol. The molecule has 24 nitrogen and oxygen atoms in total. The van der Waals surface area contributed by atoms with Gasteiger partial charge >= 0.3 is 17.6 Å². The zero-order chi connectivity index (χ0) is 95.5. The van der Waals surface area contributed by atoms with Crippen molar-refractivity contribution in [2.24, 2.45) is 0 Å². The van der Waals surface area contributed by atoms with Gasteiger partial charge in [0, 0.05) is 132 Å². The number of aromatic nitrogens is 2. The molecule has 2 N–H and O–H groups in total. The molecule has 0 saturated carbocycles. The van der Waals surface area contributed by atoms with Crippen LogP contribution >= 0.6 is 0 Å². The maximum atomic E-state index is 17.5. The number of benzene rings is 13. The quantitative estimate of drug-likeness (QED) is 0.0183. The Bertz CT molecular complexity index is 7090. The third kappa shape index (κ3) is 15.9. The second kappa shape index (κ2) is 35.8. The van der Waals surface area contributed by atoms with Gasteiger partial charge in [-0.15, -0.1) is 0 Å². The summed E-state index contributed by atoms with van der Waals surface area (Å²) in [6, 6.07) is 58.9. The molecule has 136 heavy (non-hydrogen) atoms. The predicted octanol–water partition coefficient (Wildman–Crippen LogP) is 25.1. The molecular weight excluding hydrogens is 1750 g/mol. The number of ether oxygens (including phenoxy) is 4. The summed E-state index contributed by atoms with van der Waals surface area (Å²) in [6.07, 6.45) is 3.04. The number of furan rings is 2. The van der Waals surface area contributed by atoms with Gasteiger partial charge in [-0.05, 0) is 215 Å². The van der Waals surface area contributed by atoms with Gasteiger partial charge < -0.3 is 65.0 Å². The van der Waals surface area contributed by atoms with Crippen molar-refractivity contribution in [2.45, 2.75) is 131 Å². The first-order chi connectivity index (χ1) is 65.4. The topological polar surface area (TPSA) is 277 Å². The van der Waals surface area contributed by atoms with E-state index in [1.807, 2.05) is 149 Å². The Balaban J connectivity index is 0.932. The second-order valence-electron chi connectivity index (χ2n) is 36.3. The lowest BCUT2D eigenvalue weighted by molar-refractivity contribution is -0.120. The fourth-order valence-corrected chi connectivity index (χ4v) is 22.5. The normalized spacial score (nSPS) is 13.6. The molecule has 0 radical (unpaired) electrons. The van der Waals surface area contributed by atoms with Gasteiger partial charge in [0.05, 0.1) is 22.3 Å². The van der Waals surface area contributed by atoms with Gasteiger partial charge in [-0.3, -0.25) is 38.6 Å². The number of rotatable bonds is 30. The molecule has 13 aromatic carbocycles. The lowest BCUT2D eigenvalue weighted by Gasteiger charge is -2.36. The van der Waals surface area contributed by atoms with Gasteiger partial charge in [-0.1, -0.05) is 165 Å². The molecule has 0 bridgehead atoms. The Morgan fingerprint density at radius 2 is 0.596 bits per heavy atom. The minimum Gasteiger partial charge on any atom is -0.456 e. The van der Waals surface area contributed by atoms with Crippen molar-refractivity contribution in [3.63, 3.8) is 0 Å². The Kier molecular flexibility index (Phi) is 23.9. The zero-order valence-corrected chi connectivity index (χ0v) is 80.8. The molecule has 2 unspecified atom stereocenters. The Morgan fingerprint density at radius 1 is 0.316 bits per heavy atom. The van der Waals surface area contributed by atoms with Crippen molar-refractivity contribution in [1.29, 1.82) is 0 Å². The zero-order valence-electron chi connectivity index (χ0n) is 78.8. The van der Waals surface area contributed by atoms with Crippen molar-refractivity contribution >= 4 is 152 Å². The van der Waals surface area contributed by atoms with Gasteiger partial charge in [-0.2, -0.15) is 0 Å². The molecule has 6 amide bonds. The Hall–Kier alpha value is -14.3. The fourth-order valence-electron chi connectivity index (χ4n) is 19.2. The smallest absolute Gasteiger partial charge is 0.456 e. The van der Waals surface area contributed by atoms with Crippen LogP contribution in [0.15, 0.2) is 227 Å². The van der Waals surface area contributed by atoms with Crippen molar-refractivity contribution in [3.8, 4) is 46.0 Å². The molecular formula is C110H102N6O18Si2. The van der Waals surface area contributed by atoms with Crippen LogP contribution in [0, 0.1) is 27.7 Å². The highest BCUT2D eigenvalue weighted by atomic mass is 28.4. The number of nitrogens with one attached hydrogen (secondary N) is 2. The lowest BCUT2D eigenvalue weighted by atomic mass is 9.80. The van der Waals surface area contributed by atoms with E-state index in [9.17, 15) is 0 Å². The second-order valence-corrected chi connectivity index (χ2v) is 42.2. The summed E-state index contributed by atoms with van der Waals surface area (Å²) in [4.78, 5) is 114. The highest BCUT2D eigenvalue weighted by Gasteiger charge is 2.49. The number of nitrogens with zero attached hydrogens (tertiary/aromatic N) is 4. The molecule has 2 aliphatic rings. The van der Waals surface area contributed by atoms with Crippen LogP contribution in [-0.2, 0) is 48.2 Å². The minimum absolute atomic E-state index is 0.0247. The van der Waals surface area contributed by atoms with E-state index in [1.54, 1.807) is 84.9 Å². The number of imide groups is 2. The highest BCUT2D eigenvalue weighted by Crippen LogP contribution is 2.60. The average Bonchev–Trinajstić information content (AvgIpc) is 0.745. The van der Waals surface area contributed by atoms with Crippen LogP contribution in [-0.4, -0.2) is 115 Å². The van der Waals surface area contributed by atoms with Crippen molar-refractivity contribution in [3.05, 3.63) is 308 Å². The van der Waals surface area contributed by atoms with Gasteiger partial charge in [0.25, 0.3) is 35.4 Å². The van der Waals surface area contributed by atoms with E-state index in [0.29, 0.717) is 89.5 Å². The monoisotopic (exact) mass is 1850 g/mol. The maximum absolute atomic E-state index is 17.5. The molecule has 6 heterocycles. The summed E-state index contributed by atoms with van der Waals surface area (Å²) in [5, 5.41) is 10.6. The molecule has 0 fully saturated rings. The number of anilines is 2. The number of fused-ring (bicyclic) bond motifs is 8. The summed E-state index contributed by atoms with van der Waals surface area (Å²) in [5.41, 5.74) is 9.97. The number of hydrogen-bond acceptors (Lipinski definition) is 20. The number of carbonyl (C=O) groups excluding carboxylic acids is 6. The number of amides is 6. The van der Waals surface area contributed by atoms with Gasteiger partial charge in [-0.25, -0.2) is 9.97 Å². The molecule has 26 heteroatoms. The number of para-hydroxylation sites is 2. The Morgan fingerprint density at radius 3 is 0.875 bits per heavy atom. The SMILES string of the molecule is CO[Si](Cc1ccnc(NC(=O)C(c2ccc3c(c2)oc2ccccc23)N2C(=O)c3cc(Oc4ccc(C(C)C)cc4C)c4c5c(Oc6ccc(C(C)C)cc6C)cc6c7c(cc(Oc8ccc(C(C)C)cc8C)c(c8c(Oc9ccc(C(C)C)cc9C)cc(c3c48)C2=O)c75)C(=O)N(C(C(=O)Nc2cc(C[Si](OC)(OC)OC)ccn2)c2ccc3c(c2)oc2ccccc23)C6=O)c1)(OC)OC. The van der Waals surface area contributed by atoms with Gasteiger partial charge in [0.1, 0.15) is 92.0 Å². The fraction of sp³-hybridized carbons (Fsp3) is 0.236. The van der Waals surface area contributed by atoms with E-state index in [-0.39, 0.29) is 147 Å². The van der Waals surface area contributed by atoms with E-state index >= 15 is 28.8 Å². The number of pyridine rings is 2. The number of aryl methyl sites for hydroxylation is 4. The first-order valence-corrected chi connectivity index (χ1v) is 49.2. The van der Waals surface area contributed by atoms with E-state index in [1.165, 1.54) is 55.1 Å². The van der Waals surface area contributed by atoms with Crippen LogP contribution in [0.3, 0.4) is 0 Å². The minimum atomic E-state index is -3.31. The molecule has 17 aromatic rings. The van der Waals surface area contributed by atoms with E-state index in [4.69, 9.17) is 54.3 Å². The van der Waals surface area contributed by atoms with Crippen LogP contribution in [0.4, 0.5) is 11.6 Å². The first kappa shape index (κ1) is 90.8. The summed E-state index contributed by atoms with van der Waals surface area (Å²) in [7, 11) is 2.42. The lowest BCUT2D eigenvalue weighted by Crippen LogP contribution is -2.47. The van der Waals surface area contributed by atoms with E-state index < -0.39 is 65.1 Å². The molecule has 0 spiro atoms. The van der Waals surface area contributed by atoms with Gasteiger partial charge in [0.15, 0.2) is 0 Å². The number of carbonyl (C=O) groups is 6.